The molecular weight excluding hydrogens is 426 g/mol. The highest BCUT2D eigenvalue weighted by Crippen LogP contribution is 2.31. The number of carbonyl (C=O) groups is 2. The number of aliphatic hydroxyl groups excluding tert-OH is 1. The van der Waals surface area contributed by atoms with Crippen LogP contribution in [0.1, 0.15) is 32.7 Å². The molecule has 0 fully saturated rings. The van der Waals surface area contributed by atoms with E-state index in [1.165, 1.54) is 38.7 Å². The molecular formula is C24H22N3O4S+. The maximum Gasteiger partial charge on any atom is 0.335 e. The van der Waals surface area contributed by atoms with Gasteiger partial charge in [0.15, 0.2) is 0 Å². The average Bonchev–Trinajstić information content (AvgIpc) is 2.79. The molecule has 0 saturated carbocycles. The van der Waals surface area contributed by atoms with Crippen LogP contribution >= 0.6 is 11.9 Å². The number of anilines is 2. The summed E-state index contributed by atoms with van der Waals surface area (Å²) < 4.78 is 1.30. The number of carboxylic acids is 1. The van der Waals surface area contributed by atoms with Gasteiger partial charge in [0.2, 0.25) is 6.35 Å². The number of fused-ring (bicyclic) bond motifs is 2. The van der Waals surface area contributed by atoms with E-state index in [0.29, 0.717) is 16.9 Å². The van der Waals surface area contributed by atoms with E-state index >= 15 is 0 Å². The lowest BCUT2D eigenvalue weighted by atomic mass is 10.0. The number of carboxylic acid groups (broad SMARTS) is 1. The van der Waals surface area contributed by atoms with Gasteiger partial charge in [0.05, 0.1) is 28.3 Å². The van der Waals surface area contributed by atoms with Crippen molar-refractivity contribution in [2.45, 2.75) is 24.1 Å². The number of hydrogen-bond donors (Lipinski definition) is 4. The van der Waals surface area contributed by atoms with Crippen molar-refractivity contribution in [3.8, 4) is 0 Å². The van der Waals surface area contributed by atoms with Gasteiger partial charge in [0.1, 0.15) is 17.6 Å². The largest absolute Gasteiger partial charge is 0.478 e. The average molecular weight is 449 g/mol. The van der Waals surface area contributed by atoms with Crippen molar-refractivity contribution in [2.75, 3.05) is 16.8 Å². The van der Waals surface area contributed by atoms with E-state index in [1.54, 1.807) is 18.0 Å². The highest BCUT2D eigenvalue weighted by Gasteiger charge is 2.33. The summed E-state index contributed by atoms with van der Waals surface area (Å²) in [4.78, 5) is 26.6. The van der Waals surface area contributed by atoms with Gasteiger partial charge in [-0.3, -0.25) is 9.69 Å². The van der Waals surface area contributed by atoms with E-state index in [-0.39, 0.29) is 11.5 Å². The maximum atomic E-state index is 13.1. The van der Waals surface area contributed by atoms with Crippen LogP contribution in [0.5, 0.6) is 0 Å². The van der Waals surface area contributed by atoms with Crippen LogP contribution in [0.15, 0.2) is 71.6 Å². The minimum Gasteiger partial charge on any atom is -0.478 e. The van der Waals surface area contributed by atoms with Gasteiger partial charge < -0.3 is 15.5 Å². The van der Waals surface area contributed by atoms with Gasteiger partial charge in [0.25, 0.3) is 5.91 Å². The maximum absolute atomic E-state index is 13.1. The number of aliphatic hydroxyl groups is 1. The second kappa shape index (κ2) is 8.31. The molecule has 1 amide bonds. The summed E-state index contributed by atoms with van der Waals surface area (Å²) in [6, 6.07) is 20.2. The van der Waals surface area contributed by atoms with Gasteiger partial charge in [0, 0.05) is 23.7 Å². The highest BCUT2D eigenvalue weighted by molar-refractivity contribution is 7.93. The molecule has 3 aromatic rings. The zero-order valence-electron chi connectivity index (χ0n) is 17.1. The Hall–Kier alpha value is -3.33. The number of amides is 1. The van der Waals surface area contributed by atoms with Crippen molar-refractivity contribution in [1.82, 2.24) is 0 Å². The molecule has 162 valence electrons. The molecule has 0 radical (unpaired) electrons. The molecule has 4 N–H and O–H groups in total. The summed E-state index contributed by atoms with van der Waals surface area (Å²) >= 11 is 1.69. The van der Waals surface area contributed by atoms with E-state index in [0.717, 1.165) is 24.3 Å². The van der Waals surface area contributed by atoms with Crippen LogP contribution in [0.25, 0.3) is 0 Å². The molecule has 2 aliphatic rings. The first kappa shape index (κ1) is 20.6. The second-order valence-corrected chi connectivity index (χ2v) is 8.96. The van der Waals surface area contributed by atoms with Crippen molar-refractivity contribution in [2.24, 2.45) is 0 Å². The molecule has 2 heterocycles. The lowest BCUT2D eigenvalue weighted by Crippen LogP contribution is -3.01. The Balaban J connectivity index is 1.42. The fourth-order valence-electron chi connectivity index (χ4n) is 4.22. The zero-order chi connectivity index (χ0) is 22.2. The molecule has 2 atom stereocenters. The topological polar surface area (TPSA) is 94.3 Å². The Bertz CT molecular complexity index is 1220. The number of carbonyl (C=O) groups excluding carboxylic acids is 1. The summed E-state index contributed by atoms with van der Waals surface area (Å²) in [5.74, 6) is -1.48. The van der Waals surface area contributed by atoms with E-state index < -0.39 is 12.3 Å². The lowest BCUT2D eigenvalue weighted by Gasteiger charge is -2.34. The molecule has 0 spiro atoms. The molecule has 0 bridgehead atoms. The van der Waals surface area contributed by atoms with Gasteiger partial charge in [-0.15, -0.1) is 0 Å². The molecule has 0 aliphatic carbocycles. The number of aromatic carboxylic acids is 1. The number of rotatable bonds is 4. The first-order chi connectivity index (χ1) is 15.5. The van der Waals surface area contributed by atoms with Crippen molar-refractivity contribution >= 4 is 40.9 Å². The number of aryl methyl sites for hydroxylation is 1. The monoisotopic (exact) mass is 448 g/mol. The van der Waals surface area contributed by atoms with Crippen LogP contribution in [0.4, 0.5) is 17.1 Å². The van der Waals surface area contributed by atoms with Gasteiger partial charge in [-0.25, -0.2) is 9.10 Å². The van der Waals surface area contributed by atoms with Crippen LogP contribution in [0.2, 0.25) is 0 Å². The van der Waals surface area contributed by atoms with Gasteiger partial charge in [-0.2, -0.15) is 0 Å². The predicted molar refractivity (Wildman–Crippen MR) is 122 cm³/mol. The summed E-state index contributed by atoms with van der Waals surface area (Å²) in [5.41, 5.74) is 3.88. The molecule has 2 unspecified atom stereocenters. The minimum absolute atomic E-state index is 0.0490. The number of para-hydroxylation sites is 1. The zero-order valence-corrected chi connectivity index (χ0v) is 17.9. The smallest absolute Gasteiger partial charge is 0.335 e. The van der Waals surface area contributed by atoms with Gasteiger partial charge in [-0.05, 0) is 42.8 Å². The first-order valence-electron chi connectivity index (χ1n) is 10.4. The van der Waals surface area contributed by atoms with Crippen molar-refractivity contribution in [3.63, 3.8) is 0 Å². The summed E-state index contributed by atoms with van der Waals surface area (Å²) in [5, 5.41) is 22.7. The fourth-order valence-corrected chi connectivity index (χ4v) is 5.38. The van der Waals surface area contributed by atoms with E-state index in [4.69, 9.17) is 0 Å². The SMILES string of the molecule is O=C(O)c1ccc2c(c1)NC(O)N(c1cccc(S[NH+]3CCCc4ccccc43)c1)C2=O. The summed E-state index contributed by atoms with van der Waals surface area (Å²) in [6.45, 7) is 1.01. The van der Waals surface area contributed by atoms with Gasteiger partial charge in [-0.1, -0.05) is 24.3 Å². The van der Waals surface area contributed by atoms with Crippen LogP contribution < -0.4 is 14.5 Å². The Labute approximate surface area is 189 Å². The lowest BCUT2D eigenvalue weighted by molar-refractivity contribution is -0.681. The Morgan fingerprint density at radius 2 is 1.94 bits per heavy atom. The number of hydrogen-bond acceptors (Lipinski definition) is 5. The molecule has 32 heavy (non-hydrogen) atoms. The summed E-state index contributed by atoms with van der Waals surface area (Å²) in [7, 11) is 0. The van der Waals surface area contributed by atoms with Crippen molar-refractivity contribution in [1.29, 1.82) is 0 Å². The Morgan fingerprint density at radius 3 is 2.78 bits per heavy atom. The first-order valence-corrected chi connectivity index (χ1v) is 11.2. The van der Waals surface area contributed by atoms with Crippen LogP contribution in [-0.4, -0.2) is 35.0 Å². The standard InChI is InChI=1S/C24H21N3O4S/c28-22-19-11-10-16(23(29)30)13-20(19)25-24(31)27(22)17-7-3-8-18(14-17)32-26-12-4-6-15-5-1-2-9-21(15)26/h1-3,5,7-11,13-14,24-25,31H,4,6,12H2,(H,29,30)/p+1. The van der Waals surface area contributed by atoms with Crippen LogP contribution in [0.3, 0.4) is 0 Å². The number of nitrogens with one attached hydrogen (secondary N) is 2. The molecule has 7 nitrogen and oxygen atoms in total. The molecule has 2 aliphatic heterocycles. The Morgan fingerprint density at radius 1 is 1.09 bits per heavy atom. The van der Waals surface area contributed by atoms with Crippen molar-refractivity contribution < 1.29 is 24.1 Å². The third-order valence-electron chi connectivity index (χ3n) is 5.75. The second-order valence-electron chi connectivity index (χ2n) is 7.79. The van der Waals surface area contributed by atoms with E-state index in [9.17, 15) is 19.8 Å². The highest BCUT2D eigenvalue weighted by atomic mass is 32.2. The fraction of sp³-hybridized carbons (Fsp3) is 0.167. The van der Waals surface area contributed by atoms with Crippen molar-refractivity contribution in [3.05, 3.63) is 83.4 Å². The number of benzene rings is 3. The normalized spacial score (nSPS) is 19.7. The van der Waals surface area contributed by atoms with Crippen LogP contribution in [0, 0.1) is 0 Å². The molecule has 0 saturated heterocycles. The molecule has 0 aromatic heterocycles. The molecule has 8 heteroatoms. The molecule has 3 aromatic carbocycles. The predicted octanol–water partition coefficient (Wildman–Crippen LogP) is 2.90. The Kier molecular flexibility index (Phi) is 5.34. The third-order valence-corrected chi connectivity index (χ3v) is 6.91. The summed E-state index contributed by atoms with van der Waals surface area (Å²) in [6.07, 6.45) is 0.896. The number of quaternary nitrogens is 1. The van der Waals surface area contributed by atoms with E-state index in [2.05, 4.69) is 29.6 Å². The quantitative estimate of drug-likeness (QED) is 0.459. The van der Waals surface area contributed by atoms with Gasteiger partial charge >= 0.3 is 5.97 Å². The minimum atomic E-state index is -1.30. The molecule has 5 rings (SSSR count). The van der Waals surface area contributed by atoms with E-state index in [1.807, 2.05) is 18.2 Å². The third kappa shape index (κ3) is 3.73. The number of nitrogens with zero attached hydrogens (tertiary/aromatic N) is 1. The van der Waals surface area contributed by atoms with Crippen LogP contribution in [-0.2, 0) is 6.42 Å².